The van der Waals surface area contributed by atoms with Crippen LogP contribution in [0.1, 0.15) is 27.6 Å². The number of aryl methyl sites for hydroxylation is 2. The lowest BCUT2D eigenvalue weighted by molar-refractivity contribution is 0.213. The molecule has 0 radical (unpaired) electrons. The van der Waals surface area contributed by atoms with E-state index < -0.39 is 0 Å². The summed E-state index contributed by atoms with van der Waals surface area (Å²) in [7, 11) is 0. The van der Waals surface area contributed by atoms with Crippen LogP contribution >= 0.6 is 11.8 Å². The molecule has 4 rings (SSSR count). The number of carbonyl (C=O) groups is 1. The molecule has 1 fully saturated rings. The summed E-state index contributed by atoms with van der Waals surface area (Å²) in [5.74, 6) is 1.72. The van der Waals surface area contributed by atoms with Crippen LogP contribution in [0.2, 0.25) is 0 Å². The van der Waals surface area contributed by atoms with Crippen LogP contribution in [0.25, 0.3) is 0 Å². The molecule has 1 unspecified atom stereocenters. The monoisotopic (exact) mass is 418 g/mol. The zero-order valence-corrected chi connectivity index (χ0v) is 18.1. The van der Waals surface area contributed by atoms with E-state index in [1.807, 2.05) is 59.5 Å². The number of rotatable bonds is 5. The number of nitrogens with zero attached hydrogens (tertiary/aromatic N) is 1. The summed E-state index contributed by atoms with van der Waals surface area (Å²) in [6, 6.07) is 24.1. The zero-order valence-electron chi connectivity index (χ0n) is 17.3. The second kappa shape index (κ2) is 9.26. The molecule has 5 heteroatoms. The smallest absolute Gasteiger partial charge is 0.323 e. The fraction of sp³-hybridized carbons (Fsp3) is 0.240. The van der Waals surface area contributed by atoms with Gasteiger partial charge in [-0.15, -0.1) is 11.8 Å². The summed E-state index contributed by atoms with van der Waals surface area (Å²) in [6.07, 6.45) is 0. The molecule has 30 heavy (non-hydrogen) atoms. The Morgan fingerprint density at radius 2 is 1.80 bits per heavy atom. The molecule has 4 nitrogen and oxygen atoms in total. The van der Waals surface area contributed by atoms with Gasteiger partial charge in [-0.25, -0.2) is 4.79 Å². The highest BCUT2D eigenvalue weighted by Crippen LogP contribution is 2.42. The van der Waals surface area contributed by atoms with Gasteiger partial charge < -0.3 is 15.0 Å². The number of urea groups is 1. The van der Waals surface area contributed by atoms with Crippen molar-refractivity contribution in [3.8, 4) is 5.75 Å². The minimum absolute atomic E-state index is 0.0662. The Labute approximate surface area is 182 Å². The number of amides is 2. The highest BCUT2D eigenvalue weighted by atomic mass is 32.2. The van der Waals surface area contributed by atoms with Gasteiger partial charge in [0.1, 0.15) is 17.7 Å². The van der Waals surface area contributed by atoms with E-state index in [4.69, 9.17) is 4.74 Å². The van der Waals surface area contributed by atoms with E-state index in [-0.39, 0.29) is 11.4 Å². The predicted molar refractivity (Wildman–Crippen MR) is 124 cm³/mol. The second-order valence-corrected chi connectivity index (χ2v) is 8.65. The summed E-state index contributed by atoms with van der Waals surface area (Å²) in [5, 5.41) is 3.00. The highest BCUT2D eigenvalue weighted by Gasteiger charge is 2.32. The van der Waals surface area contributed by atoms with Crippen molar-refractivity contribution in [1.82, 2.24) is 4.90 Å². The molecule has 1 N–H and O–H groups in total. The maximum Gasteiger partial charge on any atom is 0.323 e. The lowest BCUT2D eigenvalue weighted by atomic mass is 10.1. The summed E-state index contributed by atoms with van der Waals surface area (Å²) < 4.78 is 6.14. The Morgan fingerprint density at radius 1 is 1.03 bits per heavy atom. The van der Waals surface area contributed by atoms with Crippen molar-refractivity contribution in [1.29, 1.82) is 0 Å². The largest absolute Gasteiger partial charge is 0.489 e. The third-order valence-electron chi connectivity index (χ3n) is 5.33. The summed E-state index contributed by atoms with van der Waals surface area (Å²) >= 11 is 1.77. The van der Waals surface area contributed by atoms with Crippen molar-refractivity contribution in [2.24, 2.45) is 0 Å². The fourth-order valence-electron chi connectivity index (χ4n) is 3.50. The van der Waals surface area contributed by atoms with E-state index >= 15 is 0 Å². The maximum absolute atomic E-state index is 13.0. The number of carbonyl (C=O) groups excluding carboxylic acids is 1. The standard InChI is InChI=1S/C25H26N2O2S/c1-18-12-13-21(16-19(18)2)26-25(28)27-14-15-30-24(27)22-10-6-7-11-23(22)29-17-20-8-4-3-5-9-20/h3-13,16,24H,14-15,17H2,1-2H3,(H,26,28). The lowest BCUT2D eigenvalue weighted by Gasteiger charge is -2.26. The number of benzene rings is 3. The SMILES string of the molecule is Cc1ccc(NC(=O)N2CCSC2c2ccccc2OCc2ccccc2)cc1C. The van der Waals surface area contributed by atoms with E-state index in [1.54, 1.807) is 11.8 Å². The van der Waals surface area contributed by atoms with Gasteiger partial charge in [0.15, 0.2) is 0 Å². The molecule has 0 saturated carbocycles. The van der Waals surface area contributed by atoms with Gasteiger partial charge in [0.25, 0.3) is 0 Å². The van der Waals surface area contributed by atoms with Gasteiger partial charge in [0.2, 0.25) is 0 Å². The Bertz CT molecular complexity index is 1020. The van der Waals surface area contributed by atoms with Gasteiger partial charge in [-0.1, -0.05) is 54.6 Å². The molecule has 1 aliphatic rings. The van der Waals surface area contributed by atoms with Gasteiger partial charge in [-0.2, -0.15) is 0 Å². The van der Waals surface area contributed by atoms with Gasteiger partial charge in [-0.05, 0) is 48.7 Å². The number of hydrogen-bond donors (Lipinski definition) is 1. The average molecular weight is 419 g/mol. The minimum Gasteiger partial charge on any atom is -0.489 e. The van der Waals surface area contributed by atoms with Crippen molar-refractivity contribution in [3.63, 3.8) is 0 Å². The Morgan fingerprint density at radius 3 is 2.60 bits per heavy atom. The Hall–Kier alpha value is -2.92. The van der Waals surface area contributed by atoms with Gasteiger partial charge in [-0.3, -0.25) is 0 Å². The first-order valence-corrected chi connectivity index (χ1v) is 11.2. The van der Waals surface area contributed by atoms with Crippen LogP contribution < -0.4 is 10.1 Å². The first-order chi connectivity index (χ1) is 14.6. The van der Waals surface area contributed by atoms with Crippen LogP contribution in [0.5, 0.6) is 5.75 Å². The van der Waals surface area contributed by atoms with Crippen molar-refractivity contribution >= 4 is 23.5 Å². The Balaban J connectivity index is 1.50. The van der Waals surface area contributed by atoms with Crippen molar-refractivity contribution in [2.45, 2.75) is 25.8 Å². The topological polar surface area (TPSA) is 41.6 Å². The van der Waals surface area contributed by atoms with E-state index in [1.165, 1.54) is 11.1 Å². The number of nitrogens with one attached hydrogen (secondary N) is 1. The number of anilines is 1. The predicted octanol–water partition coefficient (Wildman–Crippen LogP) is 6.16. The summed E-state index contributed by atoms with van der Waals surface area (Å²) in [5.41, 5.74) is 5.36. The number of thioether (sulfide) groups is 1. The highest BCUT2D eigenvalue weighted by molar-refractivity contribution is 7.99. The van der Waals surface area contributed by atoms with Crippen LogP contribution in [0.4, 0.5) is 10.5 Å². The molecule has 1 atom stereocenters. The number of ether oxygens (including phenoxy) is 1. The Kier molecular flexibility index (Phi) is 6.29. The van der Waals surface area contributed by atoms with Crippen LogP contribution in [-0.4, -0.2) is 23.2 Å². The van der Waals surface area contributed by atoms with Crippen LogP contribution in [0.15, 0.2) is 72.8 Å². The third kappa shape index (κ3) is 4.62. The van der Waals surface area contributed by atoms with Gasteiger partial charge >= 0.3 is 6.03 Å². The molecule has 2 amide bonds. The second-order valence-electron chi connectivity index (χ2n) is 7.46. The molecular formula is C25H26N2O2S. The van der Waals surface area contributed by atoms with Crippen molar-refractivity contribution < 1.29 is 9.53 Å². The first-order valence-electron chi connectivity index (χ1n) is 10.1. The van der Waals surface area contributed by atoms with E-state index in [0.717, 1.165) is 28.3 Å². The summed E-state index contributed by atoms with van der Waals surface area (Å²) in [6.45, 7) is 5.34. The molecule has 3 aromatic rings. The van der Waals surface area contributed by atoms with Crippen molar-refractivity contribution in [3.05, 3.63) is 95.1 Å². The number of hydrogen-bond acceptors (Lipinski definition) is 3. The maximum atomic E-state index is 13.0. The zero-order chi connectivity index (χ0) is 20.9. The molecular weight excluding hydrogens is 392 g/mol. The van der Waals surface area contributed by atoms with E-state index in [0.29, 0.717) is 13.2 Å². The molecule has 0 aromatic heterocycles. The lowest BCUT2D eigenvalue weighted by Crippen LogP contribution is -2.34. The van der Waals surface area contributed by atoms with Crippen molar-refractivity contribution in [2.75, 3.05) is 17.6 Å². The molecule has 1 aliphatic heterocycles. The minimum atomic E-state index is -0.0777. The molecule has 3 aromatic carbocycles. The van der Waals surface area contributed by atoms with Crippen LogP contribution in [-0.2, 0) is 6.61 Å². The van der Waals surface area contributed by atoms with Crippen LogP contribution in [0.3, 0.4) is 0 Å². The number of para-hydroxylation sites is 1. The molecule has 0 aliphatic carbocycles. The fourth-order valence-corrected chi connectivity index (χ4v) is 4.78. The molecule has 1 saturated heterocycles. The van der Waals surface area contributed by atoms with Gasteiger partial charge in [0, 0.05) is 23.5 Å². The molecule has 154 valence electrons. The average Bonchev–Trinajstić information content (AvgIpc) is 3.26. The normalized spacial score (nSPS) is 15.8. The third-order valence-corrected chi connectivity index (χ3v) is 6.57. The quantitative estimate of drug-likeness (QED) is 0.539. The molecule has 0 bridgehead atoms. The van der Waals surface area contributed by atoms with E-state index in [9.17, 15) is 4.79 Å². The first kappa shape index (κ1) is 20.4. The van der Waals surface area contributed by atoms with Gasteiger partial charge in [0.05, 0.1) is 0 Å². The molecule has 0 spiro atoms. The molecule has 1 heterocycles. The summed E-state index contributed by atoms with van der Waals surface area (Å²) in [4.78, 5) is 14.9. The van der Waals surface area contributed by atoms with E-state index in [2.05, 4.69) is 37.4 Å². The van der Waals surface area contributed by atoms with Crippen LogP contribution in [0, 0.1) is 13.8 Å².